The van der Waals surface area contributed by atoms with Gasteiger partial charge in [-0.15, -0.1) is 0 Å². The number of hydrogen-bond acceptors (Lipinski definition) is 3. The van der Waals surface area contributed by atoms with Crippen molar-refractivity contribution in [1.82, 2.24) is 14.8 Å². The van der Waals surface area contributed by atoms with Gasteiger partial charge in [0.05, 0.1) is 24.0 Å². The van der Waals surface area contributed by atoms with Crippen LogP contribution >= 0.6 is 0 Å². The van der Waals surface area contributed by atoms with Crippen LogP contribution in [0.25, 0.3) is 22.3 Å². The molecule has 0 aliphatic carbocycles. The van der Waals surface area contributed by atoms with Gasteiger partial charge in [0, 0.05) is 30.5 Å². The van der Waals surface area contributed by atoms with Crippen LogP contribution in [-0.2, 0) is 11.3 Å². The summed E-state index contributed by atoms with van der Waals surface area (Å²) in [6.07, 6.45) is 2.40. The van der Waals surface area contributed by atoms with Gasteiger partial charge < -0.3 is 14.6 Å². The van der Waals surface area contributed by atoms with E-state index in [1.807, 2.05) is 24.3 Å². The van der Waals surface area contributed by atoms with E-state index in [2.05, 4.69) is 40.0 Å². The topological polar surface area (TPSA) is 71.9 Å². The number of benzene rings is 1. The summed E-state index contributed by atoms with van der Waals surface area (Å²) in [7, 11) is 1.67. The maximum absolute atomic E-state index is 11.9. The number of anilines is 1. The third kappa shape index (κ3) is 3.52. The second-order valence-electron chi connectivity index (χ2n) is 6.02. The molecule has 0 spiro atoms. The Kier molecular flexibility index (Phi) is 5.07. The predicted molar refractivity (Wildman–Crippen MR) is 99.9 cm³/mol. The molecule has 0 unspecified atom stereocenters. The zero-order valence-corrected chi connectivity index (χ0v) is 14.9. The molecule has 25 heavy (non-hydrogen) atoms. The second-order valence-corrected chi connectivity index (χ2v) is 6.02. The molecule has 1 amide bonds. The second kappa shape index (κ2) is 7.42. The molecule has 0 aliphatic rings. The van der Waals surface area contributed by atoms with Crippen molar-refractivity contribution >= 4 is 22.6 Å². The predicted octanol–water partition coefficient (Wildman–Crippen LogP) is 4.19. The lowest BCUT2D eigenvalue weighted by atomic mass is 10.2. The number of aryl methyl sites for hydroxylation is 1. The van der Waals surface area contributed by atoms with E-state index in [1.165, 1.54) is 0 Å². The van der Waals surface area contributed by atoms with Crippen LogP contribution in [0.5, 0.6) is 5.75 Å². The lowest BCUT2D eigenvalue weighted by molar-refractivity contribution is -0.116. The van der Waals surface area contributed by atoms with Crippen LogP contribution in [0.3, 0.4) is 0 Å². The van der Waals surface area contributed by atoms with Gasteiger partial charge in [-0.1, -0.05) is 13.3 Å². The van der Waals surface area contributed by atoms with Crippen molar-refractivity contribution in [3.05, 3.63) is 30.3 Å². The SMILES string of the molecule is CCCCC(=O)Nc1cc(-c2cc3ccc(OC)cc3n2CC)[nH]n1. The van der Waals surface area contributed by atoms with Crippen molar-refractivity contribution in [1.29, 1.82) is 0 Å². The summed E-state index contributed by atoms with van der Waals surface area (Å²) >= 11 is 0. The summed E-state index contributed by atoms with van der Waals surface area (Å²) in [5.41, 5.74) is 3.02. The molecule has 2 aromatic heterocycles. The highest BCUT2D eigenvalue weighted by molar-refractivity contribution is 5.91. The van der Waals surface area contributed by atoms with Crippen LogP contribution in [0.4, 0.5) is 5.82 Å². The molecular weight excluding hydrogens is 316 g/mol. The van der Waals surface area contributed by atoms with E-state index in [9.17, 15) is 4.79 Å². The molecule has 0 saturated carbocycles. The zero-order chi connectivity index (χ0) is 17.8. The fourth-order valence-electron chi connectivity index (χ4n) is 2.98. The maximum Gasteiger partial charge on any atom is 0.225 e. The fourth-order valence-corrected chi connectivity index (χ4v) is 2.98. The number of hydrogen-bond donors (Lipinski definition) is 2. The number of fused-ring (bicyclic) bond motifs is 1. The van der Waals surface area contributed by atoms with E-state index in [1.54, 1.807) is 7.11 Å². The van der Waals surface area contributed by atoms with Crippen LogP contribution < -0.4 is 10.1 Å². The van der Waals surface area contributed by atoms with E-state index in [0.717, 1.165) is 47.4 Å². The Hall–Kier alpha value is -2.76. The summed E-state index contributed by atoms with van der Waals surface area (Å²) < 4.78 is 7.54. The molecule has 1 aromatic carbocycles. The quantitative estimate of drug-likeness (QED) is 0.677. The Labute approximate surface area is 147 Å². The molecule has 6 heteroatoms. The van der Waals surface area contributed by atoms with Crippen LogP contribution in [0.1, 0.15) is 33.1 Å². The van der Waals surface area contributed by atoms with E-state index >= 15 is 0 Å². The van der Waals surface area contributed by atoms with Crippen molar-refractivity contribution in [3.8, 4) is 17.1 Å². The summed E-state index contributed by atoms with van der Waals surface area (Å²) in [5, 5.41) is 11.2. The van der Waals surface area contributed by atoms with Crippen molar-refractivity contribution in [2.24, 2.45) is 0 Å². The van der Waals surface area contributed by atoms with Gasteiger partial charge >= 0.3 is 0 Å². The highest BCUT2D eigenvalue weighted by atomic mass is 16.5. The minimum atomic E-state index is 0.000622. The molecule has 0 aliphatic heterocycles. The molecule has 0 saturated heterocycles. The standard InChI is InChI=1S/C19H24N4O2/c1-4-6-7-19(24)20-18-12-15(21-22-18)17-10-13-8-9-14(25-3)11-16(13)23(17)5-2/h8-12H,4-7H2,1-3H3,(H2,20,21,22,24). The third-order valence-corrected chi connectivity index (χ3v) is 4.31. The molecular formula is C19H24N4O2. The number of aromatic amines is 1. The molecule has 0 fully saturated rings. The molecule has 2 N–H and O–H groups in total. The van der Waals surface area contributed by atoms with E-state index in [-0.39, 0.29) is 5.91 Å². The Balaban J connectivity index is 1.90. The van der Waals surface area contributed by atoms with Crippen molar-refractivity contribution in [2.75, 3.05) is 12.4 Å². The monoisotopic (exact) mass is 340 g/mol. The van der Waals surface area contributed by atoms with Crippen LogP contribution in [0.2, 0.25) is 0 Å². The van der Waals surface area contributed by atoms with Crippen molar-refractivity contribution < 1.29 is 9.53 Å². The Morgan fingerprint density at radius 2 is 2.12 bits per heavy atom. The number of H-pyrrole nitrogens is 1. The fraction of sp³-hybridized carbons (Fsp3) is 0.368. The Morgan fingerprint density at radius 1 is 1.28 bits per heavy atom. The third-order valence-electron chi connectivity index (χ3n) is 4.31. The van der Waals surface area contributed by atoms with Gasteiger partial charge in [0.2, 0.25) is 5.91 Å². The highest BCUT2D eigenvalue weighted by Crippen LogP contribution is 2.30. The molecule has 2 heterocycles. The largest absolute Gasteiger partial charge is 0.497 e. The van der Waals surface area contributed by atoms with Gasteiger partial charge in [-0.2, -0.15) is 5.10 Å². The Morgan fingerprint density at radius 3 is 2.84 bits per heavy atom. The molecule has 3 rings (SSSR count). The van der Waals surface area contributed by atoms with Crippen LogP contribution in [-0.4, -0.2) is 27.8 Å². The van der Waals surface area contributed by atoms with E-state index in [0.29, 0.717) is 12.2 Å². The number of rotatable bonds is 7. The zero-order valence-electron chi connectivity index (χ0n) is 14.9. The summed E-state index contributed by atoms with van der Waals surface area (Å²) in [4.78, 5) is 11.9. The number of nitrogens with one attached hydrogen (secondary N) is 2. The van der Waals surface area contributed by atoms with Crippen molar-refractivity contribution in [3.63, 3.8) is 0 Å². The van der Waals surface area contributed by atoms with Crippen LogP contribution in [0.15, 0.2) is 30.3 Å². The molecule has 0 radical (unpaired) electrons. The first-order valence-electron chi connectivity index (χ1n) is 8.69. The minimum absolute atomic E-state index is 0.000622. The van der Waals surface area contributed by atoms with Gasteiger partial charge in [0.25, 0.3) is 0 Å². The van der Waals surface area contributed by atoms with E-state index < -0.39 is 0 Å². The van der Waals surface area contributed by atoms with Crippen molar-refractivity contribution in [2.45, 2.75) is 39.7 Å². The van der Waals surface area contributed by atoms with Gasteiger partial charge in [-0.3, -0.25) is 9.89 Å². The number of carbonyl (C=O) groups is 1. The van der Waals surface area contributed by atoms with Gasteiger partial charge in [-0.05, 0) is 31.5 Å². The van der Waals surface area contributed by atoms with E-state index in [4.69, 9.17) is 4.74 Å². The number of ether oxygens (including phenoxy) is 1. The maximum atomic E-state index is 11.9. The lowest BCUT2D eigenvalue weighted by Gasteiger charge is -2.07. The number of aromatic nitrogens is 3. The summed E-state index contributed by atoms with van der Waals surface area (Å²) in [6, 6.07) is 10.0. The first-order chi connectivity index (χ1) is 12.2. The molecule has 0 atom stereocenters. The van der Waals surface area contributed by atoms with Crippen LogP contribution in [0, 0.1) is 0 Å². The first-order valence-corrected chi connectivity index (χ1v) is 8.69. The lowest BCUT2D eigenvalue weighted by Crippen LogP contribution is -2.11. The normalized spacial score (nSPS) is 11.0. The number of amides is 1. The minimum Gasteiger partial charge on any atom is -0.497 e. The van der Waals surface area contributed by atoms with Gasteiger partial charge in [0.15, 0.2) is 5.82 Å². The Bertz CT molecular complexity index is 879. The highest BCUT2D eigenvalue weighted by Gasteiger charge is 2.13. The summed E-state index contributed by atoms with van der Waals surface area (Å²) in [5.74, 6) is 1.39. The molecule has 0 bridgehead atoms. The smallest absolute Gasteiger partial charge is 0.225 e. The average Bonchev–Trinajstić information content (AvgIpc) is 3.22. The number of carbonyl (C=O) groups excluding carboxylic acids is 1. The number of unbranched alkanes of at least 4 members (excludes halogenated alkanes) is 1. The number of methoxy groups -OCH3 is 1. The molecule has 3 aromatic rings. The molecule has 132 valence electrons. The van der Waals surface area contributed by atoms with Gasteiger partial charge in [-0.25, -0.2) is 0 Å². The van der Waals surface area contributed by atoms with Gasteiger partial charge in [0.1, 0.15) is 5.75 Å². The number of nitrogens with zero attached hydrogens (tertiary/aromatic N) is 2. The first kappa shape index (κ1) is 17.1. The molecule has 6 nitrogen and oxygen atoms in total. The average molecular weight is 340 g/mol. The summed E-state index contributed by atoms with van der Waals surface area (Å²) in [6.45, 7) is 4.99.